The summed E-state index contributed by atoms with van der Waals surface area (Å²) in [4.78, 5) is 16.4. The standard InChI is InChI=1S/C21H22N2O3/c1-14-7-9-17(26-14)10-12-21(24)23-20-11-8-16(13-22-20)18-5-4-6-19(25-3)15(18)2/h4-9,11,13H,10,12H2,1-3H3,(H,22,23,24). The van der Waals surface area contributed by atoms with Crippen LogP contribution in [0.1, 0.15) is 23.5 Å². The van der Waals surface area contributed by atoms with E-state index in [4.69, 9.17) is 9.15 Å². The molecule has 0 fully saturated rings. The van der Waals surface area contributed by atoms with Crippen molar-refractivity contribution in [2.75, 3.05) is 12.4 Å². The predicted octanol–water partition coefficient (Wildman–Crippen LogP) is 4.54. The van der Waals surface area contributed by atoms with Crippen LogP contribution in [0.3, 0.4) is 0 Å². The summed E-state index contributed by atoms with van der Waals surface area (Å²) in [6.07, 6.45) is 2.68. The van der Waals surface area contributed by atoms with Crippen molar-refractivity contribution in [1.82, 2.24) is 4.98 Å². The van der Waals surface area contributed by atoms with Gasteiger partial charge in [-0.25, -0.2) is 4.98 Å². The van der Waals surface area contributed by atoms with Crippen LogP contribution < -0.4 is 10.1 Å². The minimum atomic E-state index is -0.0862. The number of nitrogens with zero attached hydrogens (tertiary/aromatic N) is 1. The molecule has 1 N–H and O–H groups in total. The van der Waals surface area contributed by atoms with Crippen LogP contribution in [0.5, 0.6) is 5.75 Å². The number of aryl methyl sites for hydroxylation is 2. The number of furan rings is 1. The van der Waals surface area contributed by atoms with Gasteiger partial charge >= 0.3 is 0 Å². The topological polar surface area (TPSA) is 64.4 Å². The van der Waals surface area contributed by atoms with Crippen molar-refractivity contribution in [1.29, 1.82) is 0 Å². The minimum absolute atomic E-state index is 0.0862. The van der Waals surface area contributed by atoms with Crippen molar-refractivity contribution in [3.8, 4) is 16.9 Å². The number of methoxy groups -OCH3 is 1. The summed E-state index contributed by atoms with van der Waals surface area (Å²) < 4.78 is 10.8. The van der Waals surface area contributed by atoms with Crippen LogP contribution >= 0.6 is 0 Å². The van der Waals surface area contributed by atoms with Crippen LogP contribution in [0.2, 0.25) is 0 Å². The molecule has 134 valence electrons. The van der Waals surface area contributed by atoms with Gasteiger partial charge in [0, 0.05) is 24.6 Å². The fourth-order valence-corrected chi connectivity index (χ4v) is 2.84. The Morgan fingerprint density at radius 2 is 2.00 bits per heavy atom. The molecule has 0 bridgehead atoms. The summed E-state index contributed by atoms with van der Waals surface area (Å²) in [6, 6.07) is 13.5. The quantitative estimate of drug-likeness (QED) is 0.709. The van der Waals surface area contributed by atoms with Gasteiger partial charge in [0.1, 0.15) is 23.1 Å². The Morgan fingerprint density at radius 3 is 2.65 bits per heavy atom. The average molecular weight is 350 g/mol. The predicted molar refractivity (Wildman–Crippen MR) is 101 cm³/mol. The highest BCUT2D eigenvalue weighted by Gasteiger charge is 2.09. The lowest BCUT2D eigenvalue weighted by atomic mass is 10.0. The number of aromatic nitrogens is 1. The fraction of sp³-hybridized carbons (Fsp3) is 0.238. The molecule has 0 unspecified atom stereocenters. The third kappa shape index (κ3) is 4.11. The van der Waals surface area contributed by atoms with Gasteiger partial charge in [-0.05, 0) is 55.3 Å². The molecule has 2 aromatic heterocycles. The van der Waals surface area contributed by atoms with Crippen LogP contribution in [-0.4, -0.2) is 18.0 Å². The second-order valence-corrected chi connectivity index (χ2v) is 6.13. The maximum absolute atomic E-state index is 12.1. The molecular weight excluding hydrogens is 328 g/mol. The van der Waals surface area contributed by atoms with E-state index >= 15 is 0 Å². The van der Waals surface area contributed by atoms with Gasteiger partial charge < -0.3 is 14.5 Å². The fourth-order valence-electron chi connectivity index (χ4n) is 2.84. The normalized spacial score (nSPS) is 10.6. The summed E-state index contributed by atoms with van der Waals surface area (Å²) in [7, 11) is 1.66. The van der Waals surface area contributed by atoms with Gasteiger partial charge in [0.25, 0.3) is 0 Å². The zero-order valence-electron chi connectivity index (χ0n) is 15.2. The van der Waals surface area contributed by atoms with Crippen molar-refractivity contribution < 1.29 is 13.9 Å². The van der Waals surface area contributed by atoms with Gasteiger partial charge in [-0.2, -0.15) is 0 Å². The Kier molecular flexibility index (Phi) is 5.37. The SMILES string of the molecule is COc1cccc(-c2ccc(NC(=O)CCc3ccc(C)o3)nc2)c1C. The first kappa shape index (κ1) is 17.7. The van der Waals surface area contributed by atoms with E-state index in [-0.39, 0.29) is 5.91 Å². The van der Waals surface area contributed by atoms with Crippen LogP contribution in [-0.2, 0) is 11.2 Å². The lowest BCUT2D eigenvalue weighted by Gasteiger charge is -2.11. The molecule has 0 atom stereocenters. The maximum atomic E-state index is 12.1. The summed E-state index contributed by atoms with van der Waals surface area (Å²) in [5.74, 6) is 2.96. The van der Waals surface area contributed by atoms with E-state index in [2.05, 4.69) is 10.3 Å². The number of carbonyl (C=O) groups is 1. The molecule has 0 spiro atoms. The molecule has 1 aromatic carbocycles. The van der Waals surface area contributed by atoms with E-state index < -0.39 is 0 Å². The maximum Gasteiger partial charge on any atom is 0.225 e. The minimum Gasteiger partial charge on any atom is -0.496 e. The molecule has 2 heterocycles. The summed E-state index contributed by atoms with van der Waals surface area (Å²) in [5, 5.41) is 2.82. The van der Waals surface area contributed by atoms with Crippen LogP contribution in [0.25, 0.3) is 11.1 Å². The first-order valence-electron chi connectivity index (χ1n) is 8.52. The number of benzene rings is 1. The number of anilines is 1. The van der Waals surface area contributed by atoms with E-state index in [1.165, 1.54) is 0 Å². The molecule has 5 heteroatoms. The zero-order chi connectivity index (χ0) is 18.5. The third-order valence-electron chi connectivity index (χ3n) is 4.24. The highest BCUT2D eigenvalue weighted by atomic mass is 16.5. The Balaban J connectivity index is 1.63. The van der Waals surface area contributed by atoms with Crippen molar-refractivity contribution >= 4 is 11.7 Å². The second-order valence-electron chi connectivity index (χ2n) is 6.13. The molecule has 3 rings (SSSR count). The highest BCUT2D eigenvalue weighted by Crippen LogP contribution is 2.29. The van der Waals surface area contributed by atoms with Gasteiger partial charge in [0.2, 0.25) is 5.91 Å². The first-order valence-corrected chi connectivity index (χ1v) is 8.52. The van der Waals surface area contributed by atoms with E-state index in [0.717, 1.165) is 34.0 Å². The number of carbonyl (C=O) groups excluding carboxylic acids is 1. The zero-order valence-corrected chi connectivity index (χ0v) is 15.2. The van der Waals surface area contributed by atoms with E-state index in [9.17, 15) is 4.79 Å². The molecule has 0 aliphatic carbocycles. The smallest absolute Gasteiger partial charge is 0.225 e. The number of hydrogen-bond donors (Lipinski definition) is 1. The lowest BCUT2D eigenvalue weighted by Crippen LogP contribution is -2.13. The van der Waals surface area contributed by atoms with Crippen molar-refractivity contribution in [3.05, 3.63) is 65.7 Å². The summed E-state index contributed by atoms with van der Waals surface area (Å²) in [5.41, 5.74) is 3.09. The molecule has 0 aliphatic heterocycles. The summed E-state index contributed by atoms with van der Waals surface area (Å²) >= 11 is 0. The van der Waals surface area contributed by atoms with Crippen molar-refractivity contribution in [2.45, 2.75) is 26.7 Å². The van der Waals surface area contributed by atoms with E-state index in [0.29, 0.717) is 18.7 Å². The first-order chi connectivity index (χ1) is 12.6. The monoisotopic (exact) mass is 350 g/mol. The Hall–Kier alpha value is -3.08. The molecule has 0 saturated heterocycles. The molecule has 0 radical (unpaired) electrons. The lowest BCUT2D eigenvalue weighted by molar-refractivity contribution is -0.116. The molecule has 0 aliphatic rings. The molecular formula is C21H22N2O3. The Labute approximate surface area is 153 Å². The summed E-state index contributed by atoms with van der Waals surface area (Å²) in [6.45, 7) is 3.90. The number of hydrogen-bond acceptors (Lipinski definition) is 4. The largest absolute Gasteiger partial charge is 0.496 e. The second kappa shape index (κ2) is 7.87. The van der Waals surface area contributed by atoms with Crippen LogP contribution in [0.15, 0.2) is 53.1 Å². The average Bonchev–Trinajstić information content (AvgIpc) is 3.06. The van der Waals surface area contributed by atoms with Gasteiger partial charge in [0.05, 0.1) is 7.11 Å². The third-order valence-corrected chi connectivity index (χ3v) is 4.24. The van der Waals surface area contributed by atoms with Gasteiger partial charge in [-0.3, -0.25) is 4.79 Å². The van der Waals surface area contributed by atoms with Gasteiger partial charge in [-0.1, -0.05) is 12.1 Å². The van der Waals surface area contributed by atoms with E-state index in [1.807, 2.05) is 56.3 Å². The van der Waals surface area contributed by atoms with Crippen molar-refractivity contribution in [2.24, 2.45) is 0 Å². The Morgan fingerprint density at radius 1 is 1.15 bits per heavy atom. The van der Waals surface area contributed by atoms with Crippen molar-refractivity contribution in [3.63, 3.8) is 0 Å². The number of ether oxygens (including phenoxy) is 1. The number of pyridine rings is 1. The number of amides is 1. The Bertz CT molecular complexity index is 898. The van der Waals surface area contributed by atoms with Gasteiger partial charge in [0.15, 0.2) is 0 Å². The van der Waals surface area contributed by atoms with Crippen LogP contribution in [0, 0.1) is 13.8 Å². The molecule has 0 saturated carbocycles. The number of nitrogens with one attached hydrogen (secondary N) is 1. The molecule has 5 nitrogen and oxygen atoms in total. The highest BCUT2D eigenvalue weighted by molar-refractivity contribution is 5.90. The number of rotatable bonds is 6. The van der Waals surface area contributed by atoms with Gasteiger partial charge in [-0.15, -0.1) is 0 Å². The van der Waals surface area contributed by atoms with E-state index in [1.54, 1.807) is 13.3 Å². The molecule has 26 heavy (non-hydrogen) atoms. The molecule has 1 amide bonds. The molecule has 3 aromatic rings. The van der Waals surface area contributed by atoms with Crippen LogP contribution in [0.4, 0.5) is 5.82 Å².